The minimum absolute atomic E-state index is 0.150. The van der Waals surface area contributed by atoms with Gasteiger partial charge in [-0.3, -0.25) is 10.1 Å². The molecule has 2 N–H and O–H groups in total. The molecule has 1 heterocycles. The standard InChI is InChI=1S/C23H17Cl2N3O3S/c1-12-3-4-13(9-16(12)24)21(29)28-23(32)26-15-6-8-20-18(11-15)27-22(31-20)14-5-7-19(30-2)17(25)10-14/h3-11H,1-2H3,(H2,26,28,29,32). The molecule has 4 aromatic rings. The molecule has 6 nitrogen and oxygen atoms in total. The summed E-state index contributed by atoms with van der Waals surface area (Å²) >= 11 is 17.6. The largest absolute Gasteiger partial charge is 0.495 e. The van der Waals surface area contributed by atoms with E-state index < -0.39 is 0 Å². The molecule has 0 unspecified atom stereocenters. The van der Waals surface area contributed by atoms with Crippen molar-refractivity contribution in [2.24, 2.45) is 0 Å². The fraction of sp³-hybridized carbons (Fsp3) is 0.0870. The van der Waals surface area contributed by atoms with Gasteiger partial charge in [-0.1, -0.05) is 29.3 Å². The second-order valence-corrected chi connectivity index (χ2v) is 8.15. The number of thiocarbonyl (C=S) groups is 1. The van der Waals surface area contributed by atoms with Gasteiger partial charge < -0.3 is 14.5 Å². The van der Waals surface area contributed by atoms with Crippen LogP contribution in [0.4, 0.5) is 5.69 Å². The minimum Gasteiger partial charge on any atom is -0.495 e. The molecular weight excluding hydrogens is 469 g/mol. The van der Waals surface area contributed by atoms with Crippen LogP contribution in [0.2, 0.25) is 10.0 Å². The summed E-state index contributed by atoms with van der Waals surface area (Å²) in [6.07, 6.45) is 0. The summed E-state index contributed by atoms with van der Waals surface area (Å²) in [4.78, 5) is 16.9. The number of halogens is 2. The molecule has 1 amide bonds. The quantitative estimate of drug-likeness (QED) is 0.333. The first-order valence-corrected chi connectivity index (χ1v) is 10.6. The van der Waals surface area contributed by atoms with E-state index in [1.807, 2.05) is 13.0 Å². The molecule has 32 heavy (non-hydrogen) atoms. The van der Waals surface area contributed by atoms with Gasteiger partial charge in [-0.15, -0.1) is 0 Å². The number of carbonyl (C=O) groups excluding carboxylic acids is 1. The van der Waals surface area contributed by atoms with E-state index in [2.05, 4.69) is 15.6 Å². The lowest BCUT2D eigenvalue weighted by Gasteiger charge is -2.10. The highest BCUT2D eigenvalue weighted by atomic mass is 35.5. The van der Waals surface area contributed by atoms with Gasteiger partial charge in [0.1, 0.15) is 11.3 Å². The highest BCUT2D eigenvalue weighted by Gasteiger charge is 2.13. The molecule has 0 aliphatic carbocycles. The lowest BCUT2D eigenvalue weighted by molar-refractivity contribution is 0.0977. The number of aryl methyl sites for hydroxylation is 1. The molecule has 0 aliphatic rings. The molecule has 4 rings (SSSR count). The number of hydrogen-bond donors (Lipinski definition) is 2. The summed E-state index contributed by atoms with van der Waals surface area (Å²) < 4.78 is 11.0. The average Bonchev–Trinajstić information content (AvgIpc) is 3.19. The zero-order valence-electron chi connectivity index (χ0n) is 17.0. The summed E-state index contributed by atoms with van der Waals surface area (Å²) in [5.74, 6) is 0.640. The SMILES string of the molecule is COc1ccc(-c2nc3cc(NC(=S)NC(=O)c4ccc(C)c(Cl)c4)ccc3o2)cc1Cl. The number of oxazole rings is 1. The fourth-order valence-corrected chi connectivity index (χ4v) is 3.65. The topological polar surface area (TPSA) is 76.4 Å². The summed E-state index contributed by atoms with van der Waals surface area (Å²) in [5.41, 5.74) is 3.90. The summed E-state index contributed by atoms with van der Waals surface area (Å²) in [7, 11) is 1.55. The molecule has 0 aliphatic heterocycles. The van der Waals surface area contributed by atoms with E-state index in [0.717, 1.165) is 11.1 Å². The van der Waals surface area contributed by atoms with E-state index in [9.17, 15) is 4.79 Å². The minimum atomic E-state index is -0.356. The third-order valence-electron chi connectivity index (χ3n) is 4.71. The van der Waals surface area contributed by atoms with Gasteiger partial charge in [-0.05, 0) is 73.2 Å². The van der Waals surface area contributed by atoms with Crippen molar-refractivity contribution in [1.82, 2.24) is 10.3 Å². The zero-order valence-corrected chi connectivity index (χ0v) is 19.4. The predicted molar refractivity (Wildman–Crippen MR) is 131 cm³/mol. The second kappa shape index (κ2) is 9.16. The normalized spacial score (nSPS) is 10.8. The Balaban J connectivity index is 1.49. The Morgan fingerprint density at radius 1 is 1.06 bits per heavy atom. The van der Waals surface area contributed by atoms with Gasteiger partial charge in [0.2, 0.25) is 5.89 Å². The Hall–Kier alpha value is -3.13. The van der Waals surface area contributed by atoms with Crippen LogP contribution in [0, 0.1) is 6.92 Å². The maximum Gasteiger partial charge on any atom is 0.257 e. The number of amides is 1. The zero-order chi connectivity index (χ0) is 22.8. The number of anilines is 1. The van der Waals surface area contributed by atoms with Crippen LogP contribution in [0.15, 0.2) is 59.0 Å². The van der Waals surface area contributed by atoms with Crippen molar-refractivity contribution >= 4 is 63.2 Å². The van der Waals surface area contributed by atoms with Crippen LogP contribution < -0.4 is 15.4 Å². The number of nitrogens with one attached hydrogen (secondary N) is 2. The summed E-state index contributed by atoms with van der Waals surface area (Å²) in [6.45, 7) is 1.87. The van der Waals surface area contributed by atoms with Crippen LogP contribution in [0.1, 0.15) is 15.9 Å². The summed E-state index contributed by atoms with van der Waals surface area (Å²) in [5, 5.41) is 6.75. The third-order valence-corrected chi connectivity index (χ3v) is 5.61. The Labute approximate surface area is 199 Å². The van der Waals surface area contributed by atoms with E-state index in [1.54, 1.807) is 55.6 Å². The number of nitrogens with zero attached hydrogens (tertiary/aromatic N) is 1. The van der Waals surface area contributed by atoms with Gasteiger partial charge in [-0.2, -0.15) is 0 Å². The van der Waals surface area contributed by atoms with Gasteiger partial charge >= 0.3 is 0 Å². The van der Waals surface area contributed by atoms with Gasteiger partial charge in [0.15, 0.2) is 10.7 Å². The van der Waals surface area contributed by atoms with Crippen LogP contribution >= 0.6 is 35.4 Å². The number of methoxy groups -OCH3 is 1. The fourth-order valence-electron chi connectivity index (χ4n) is 3.00. The molecule has 0 saturated carbocycles. The van der Waals surface area contributed by atoms with E-state index in [1.165, 1.54) is 0 Å². The van der Waals surface area contributed by atoms with Crippen LogP contribution in [0.25, 0.3) is 22.6 Å². The van der Waals surface area contributed by atoms with E-state index in [-0.39, 0.29) is 11.0 Å². The Morgan fingerprint density at radius 2 is 1.88 bits per heavy atom. The van der Waals surface area contributed by atoms with E-state index in [4.69, 9.17) is 44.6 Å². The molecule has 0 atom stereocenters. The summed E-state index contributed by atoms with van der Waals surface area (Å²) in [6, 6.07) is 15.7. The van der Waals surface area contributed by atoms with Gasteiger partial charge in [-0.25, -0.2) is 4.98 Å². The van der Waals surface area contributed by atoms with Crippen molar-refractivity contribution in [1.29, 1.82) is 0 Å². The maximum atomic E-state index is 12.4. The van der Waals surface area contributed by atoms with Crippen LogP contribution in [-0.4, -0.2) is 23.1 Å². The van der Waals surface area contributed by atoms with Crippen molar-refractivity contribution in [3.63, 3.8) is 0 Å². The van der Waals surface area contributed by atoms with Crippen LogP contribution in [0.5, 0.6) is 5.75 Å². The monoisotopic (exact) mass is 485 g/mol. The Kier molecular flexibility index (Phi) is 6.32. The Bertz CT molecular complexity index is 1350. The molecule has 1 aromatic heterocycles. The number of benzene rings is 3. The number of carbonyl (C=O) groups is 1. The lowest BCUT2D eigenvalue weighted by atomic mass is 10.1. The maximum absolute atomic E-state index is 12.4. The molecule has 0 fully saturated rings. The molecule has 0 spiro atoms. The van der Waals surface area contributed by atoms with Gasteiger partial charge in [0.25, 0.3) is 5.91 Å². The van der Waals surface area contributed by atoms with Crippen molar-refractivity contribution < 1.29 is 13.9 Å². The van der Waals surface area contributed by atoms with Crippen LogP contribution in [-0.2, 0) is 0 Å². The lowest BCUT2D eigenvalue weighted by Crippen LogP contribution is -2.34. The van der Waals surface area contributed by atoms with Crippen molar-refractivity contribution in [2.75, 3.05) is 12.4 Å². The number of fused-ring (bicyclic) bond motifs is 1. The number of rotatable bonds is 4. The number of hydrogen-bond acceptors (Lipinski definition) is 5. The van der Waals surface area contributed by atoms with Gasteiger partial charge in [0.05, 0.1) is 12.1 Å². The number of ether oxygens (including phenoxy) is 1. The smallest absolute Gasteiger partial charge is 0.257 e. The van der Waals surface area contributed by atoms with Gasteiger partial charge in [0, 0.05) is 21.8 Å². The molecule has 3 aromatic carbocycles. The molecule has 0 bridgehead atoms. The molecule has 9 heteroatoms. The van der Waals surface area contributed by atoms with Crippen molar-refractivity contribution in [3.05, 3.63) is 75.8 Å². The number of aromatic nitrogens is 1. The first kappa shape index (κ1) is 22.1. The molecule has 0 saturated heterocycles. The van der Waals surface area contributed by atoms with E-state index in [0.29, 0.717) is 44.0 Å². The Morgan fingerprint density at radius 3 is 2.59 bits per heavy atom. The molecular formula is C23H17Cl2N3O3S. The third kappa shape index (κ3) is 4.70. The van der Waals surface area contributed by atoms with Crippen molar-refractivity contribution in [3.8, 4) is 17.2 Å². The first-order chi connectivity index (χ1) is 15.3. The average molecular weight is 486 g/mol. The highest BCUT2D eigenvalue weighted by Crippen LogP contribution is 2.32. The van der Waals surface area contributed by atoms with Crippen LogP contribution in [0.3, 0.4) is 0 Å². The second-order valence-electron chi connectivity index (χ2n) is 6.92. The van der Waals surface area contributed by atoms with Crippen molar-refractivity contribution in [2.45, 2.75) is 6.92 Å². The molecule has 162 valence electrons. The molecule has 0 radical (unpaired) electrons. The first-order valence-electron chi connectivity index (χ1n) is 9.47. The highest BCUT2D eigenvalue weighted by molar-refractivity contribution is 7.80. The predicted octanol–water partition coefficient (Wildman–Crippen LogP) is 6.25. The van der Waals surface area contributed by atoms with E-state index >= 15 is 0 Å².